The molecule has 0 atom stereocenters. The molecule has 4 heteroatoms. The molecule has 0 saturated carbocycles. The van der Waals surface area contributed by atoms with Crippen molar-refractivity contribution >= 4 is 5.97 Å². The average Bonchev–Trinajstić information content (AvgIpc) is 2.35. The lowest BCUT2D eigenvalue weighted by atomic mass is 9.97. The van der Waals surface area contributed by atoms with Gasteiger partial charge in [-0.3, -0.25) is 0 Å². The Balaban J connectivity index is 3.46. The lowest BCUT2D eigenvalue weighted by Gasteiger charge is -2.18. The van der Waals surface area contributed by atoms with E-state index in [1.165, 1.54) is 14.2 Å². The Bertz CT molecular complexity index is 410. The van der Waals surface area contributed by atoms with Crippen LogP contribution in [-0.4, -0.2) is 27.3 Å². The Hall–Kier alpha value is -1.71. The van der Waals surface area contributed by atoms with Crippen molar-refractivity contribution in [2.45, 2.75) is 19.8 Å². The van der Waals surface area contributed by atoms with Gasteiger partial charge in [0.1, 0.15) is 17.1 Å². The zero-order chi connectivity index (χ0) is 13.0. The molecule has 0 saturated heterocycles. The summed E-state index contributed by atoms with van der Waals surface area (Å²) in [7, 11) is 4.48. The Morgan fingerprint density at radius 3 is 2.18 bits per heavy atom. The third kappa shape index (κ3) is 2.52. The number of ether oxygens (including phenoxy) is 3. The summed E-state index contributed by atoms with van der Waals surface area (Å²) in [5.41, 5.74) is 1.29. The maximum absolute atomic E-state index is 11.6. The first kappa shape index (κ1) is 13.4. The second-order valence-electron chi connectivity index (χ2n) is 3.91. The van der Waals surface area contributed by atoms with Gasteiger partial charge in [-0.2, -0.15) is 0 Å². The van der Waals surface area contributed by atoms with E-state index < -0.39 is 5.97 Å². The molecule has 1 rings (SSSR count). The first-order valence-corrected chi connectivity index (χ1v) is 5.40. The van der Waals surface area contributed by atoms with E-state index in [4.69, 9.17) is 14.2 Å². The standard InChI is InChI=1S/C13H18O4/c1-8(2)11-10(15-3)7-6-9(12(11)16-4)13(14)17-5/h6-8H,1-5H3. The maximum Gasteiger partial charge on any atom is 0.341 e. The summed E-state index contributed by atoms with van der Waals surface area (Å²) in [6.07, 6.45) is 0. The smallest absolute Gasteiger partial charge is 0.341 e. The van der Waals surface area contributed by atoms with Crippen LogP contribution in [-0.2, 0) is 4.74 Å². The Morgan fingerprint density at radius 2 is 1.76 bits per heavy atom. The molecule has 0 fully saturated rings. The minimum Gasteiger partial charge on any atom is -0.496 e. The second-order valence-corrected chi connectivity index (χ2v) is 3.91. The van der Waals surface area contributed by atoms with Gasteiger partial charge in [0, 0.05) is 5.56 Å². The maximum atomic E-state index is 11.6. The van der Waals surface area contributed by atoms with Crippen molar-refractivity contribution in [2.75, 3.05) is 21.3 Å². The summed E-state index contributed by atoms with van der Waals surface area (Å²) < 4.78 is 15.3. The zero-order valence-electron chi connectivity index (χ0n) is 10.9. The van der Waals surface area contributed by atoms with Crippen molar-refractivity contribution < 1.29 is 19.0 Å². The second kappa shape index (κ2) is 5.57. The molecule has 1 aromatic carbocycles. The predicted octanol–water partition coefficient (Wildman–Crippen LogP) is 2.61. The molecule has 4 nitrogen and oxygen atoms in total. The largest absolute Gasteiger partial charge is 0.496 e. The number of benzene rings is 1. The van der Waals surface area contributed by atoms with Gasteiger partial charge in [-0.25, -0.2) is 4.79 Å². The predicted molar refractivity (Wildman–Crippen MR) is 65.0 cm³/mol. The highest BCUT2D eigenvalue weighted by atomic mass is 16.5. The molecule has 1 aromatic rings. The number of carbonyl (C=O) groups is 1. The van der Waals surface area contributed by atoms with Gasteiger partial charge in [-0.1, -0.05) is 13.8 Å². The number of methoxy groups -OCH3 is 3. The molecule has 0 unspecified atom stereocenters. The summed E-state index contributed by atoms with van der Waals surface area (Å²) in [6, 6.07) is 3.40. The van der Waals surface area contributed by atoms with E-state index in [-0.39, 0.29) is 5.92 Å². The molecule has 0 spiro atoms. The Morgan fingerprint density at radius 1 is 1.12 bits per heavy atom. The normalized spacial score (nSPS) is 10.2. The summed E-state index contributed by atoms with van der Waals surface area (Å²) in [4.78, 5) is 11.6. The van der Waals surface area contributed by atoms with Crippen LogP contribution in [0.2, 0.25) is 0 Å². The quantitative estimate of drug-likeness (QED) is 0.756. The monoisotopic (exact) mass is 238 g/mol. The summed E-state index contributed by atoms with van der Waals surface area (Å²) in [5.74, 6) is 1.01. The highest BCUT2D eigenvalue weighted by Gasteiger charge is 2.21. The van der Waals surface area contributed by atoms with Gasteiger partial charge < -0.3 is 14.2 Å². The third-order valence-corrected chi connectivity index (χ3v) is 2.56. The lowest BCUT2D eigenvalue weighted by molar-refractivity contribution is 0.0597. The van der Waals surface area contributed by atoms with E-state index in [2.05, 4.69) is 0 Å². The Labute approximate surface area is 101 Å². The van der Waals surface area contributed by atoms with Crippen molar-refractivity contribution in [1.29, 1.82) is 0 Å². The summed E-state index contributed by atoms with van der Waals surface area (Å²) >= 11 is 0. The van der Waals surface area contributed by atoms with E-state index >= 15 is 0 Å². The molecule has 0 heterocycles. The van der Waals surface area contributed by atoms with E-state index in [9.17, 15) is 4.79 Å². The van der Waals surface area contributed by atoms with E-state index in [1.54, 1.807) is 19.2 Å². The minimum atomic E-state index is -0.411. The van der Waals surface area contributed by atoms with Gasteiger partial charge in [0.25, 0.3) is 0 Å². The van der Waals surface area contributed by atoms with Gasteiger partial charge >= 0.3 is 5.97 Å². The SMILES string of the molecule is COC(=O)c1ccc(OC)c(C(C)C)c1OC. The van der Waals surface area contributed by atoms with Crippen LogP contribution in [0.25, 0.3) is 0 Å². The first-order valence-electron chi connectivity index (χ1n) is 5.40. The van der Waals surface area contributed by atoms with Crippen LogP contribution < -0.4 is 9.47 Å². The first-order chi connectivity index (χ1) is 8.06. The molecule has 0 aliphatic rings. The zero-order valence-corrected chi connectivity index (χ0v) is 10.9. The van der Waals surface area contributed by atoms with Gasteiger partial charge in [0.15, 0.2) is 0 Å². The van der Waals surface area contributed by atoms with Crippen molar-refractivity contribution in [3.05, 3.63) is 23.3 Å². The van der Waals surface area contributed by atoms with Gasteiger partial charge in [0.2, 0.25) is 0 Å². The molecule has 0 aromatic heterocycles. The highest BCUT2D eigenvalue weighted by Crippen LogP contribution is 2.37. The third-order valence-electron chi connectivity index (χ3n) is 2.56. The lowest BCUT2D eigenvalue weighted by Crippen LogP contribution is -2.08. The summed E-state index contributed by atoms with van der Waals surface area (Å²) in [6.45, 7) is 4.03. The fourth-order valence-corrected chi connectivity index (χ4v) is 1.80. The molecular weight excluding hydrogens is 220 g/mol. The fraction of sp³-hybridized carbons (Fsp3) is 0.462. The van der Waals surface area contributed by atoms with Crippen LogP contribution in [0.1, 0.15) is 35.7 Å². The van der Waals surface area contributed by atoms with Crippen LogP contribution in [0.15, 0.2) is 12.1 Å². The highest BCUT2D eigenvalue weighted by molar-refractivity contribution is 5.93. The molecular formula is C13H18O4. The average molecular weight is 238 g/mol. The van der Waals surface area contributed by atoms with Gasteiger partial charge in [0.05, 0.1) is 21.3 Å². The summed E-state index contributed by atoms with van der Waals surface area (Å²) in [5, 5.41) is 0. The molecule has 0 aliphatic carbocycles. The van der Waals surface area contributed by atoms with Crippen LogP contribution in [0.5, 0.6) is 11.5 Å². The van der Waals surface area contributed by atoms with Crippen molar-refractivity contribution in [3.8, 4) is 11.5 Å². The number of hydrogen-bond acceptors (Lipinski definition) is 4. The number of carbonyl (C=O) groups excluding carboxylic acids is 1. The molecule has 94 valence electrons. The molecule has 17 heavy (non-hydrogen) atoms. The number of esters is 1. The van der Waals surface area contributed by atoms with Gasteiger partial charge in [-0.05, 0) is 18.1 Å². The van der Waals surface area contributed by atoms with E-state index in [1.807, 2.05) is 13.8 Å². The fourth-order valence-electron chi connectivity index (χ4n) is 1.80. The molecule has 0 aliphatic heterocycles. The molecule has 0 radical (unpaired) electrons. The minimum absolute atomic E-state index is 0.185. The van der Waals surface area contributed by atoms with E-state index in [0.29, 0.717) is 17.1 Å². The van der Waals surface area contributed by atoms with Crippen LogP contribution in [0, 0.1) is 0 Å². The van der Waals surface area contributed by atoms with Crippen LogP contribution in [0.4, 0.5) is 0 Å². The van der Waals surface area contributed by atoms with Gasteiger partial charge in [-0.15, -0.1) is 0 Å². The molecule has 0 bridgehead atoms. The van der Waals surface area contributed by atoms with Crippen molar-refractivity contribution in [3.63, 3.8) is 0 Å². The van der Waals surface area contributed by atoms with Crippen molar-refractivity contribution in [1.82, 2.24) is 0 Å². The molecule has 0 N–H and O–H groups in total. The van der Waals surface area contributed by atoms with Crippen LogP contribution >= 0.6 is 0 Å². The Kier molecular flexibility index (Phi) is 4.37. The number of hydrogen-bond donors (Lipinski definition) is 0. The van der Waals surface area contributed by atoms with E-state index in [0.717, 1.165) is 5.56 Å². The van der Waals surface area contributed by atoms with Crippen molar-refractivity contribution in [2.24, 2.45) is 0 Å². The number of rotatable bonds is 4. The van der Waals surface area contributed by atoms with Crippen LogP contribution in [0.3, 0.4) is 0 Å². The molecule has 0 amide bonds. The topological polar surface area (TPSA) is 44.8 Å².